The van der Waals surface area contributed by atoms with Gasteiger partial charge in [0.05, 0.1) is 0 Å². The van der Waals surface area contributed by atoms with Crippen molar-refractivity contribution in [1.29, 1.82) is 0 Å². The molecule has 0 aliphatic rings. The predicted octanol–water partition coefficient (Wildman–Crippen LogP) is 4.21. The number of aromatic nitrogens is 1. The fraction of sp³-hybridized carbons (Fsp3) is 0.259. The molecule has 3 amide bonds. The summed E-state index contributed by atoms with van der Waals surface area (Å²) in [7, 11) is 0. The van der Waals surface area contributed by atoms with Gasteiger partial charge < -0.3 is 15.5 Å². The number of pyridine rings is 1. The Bertz CT molecular complexity index is 1210. The van der Waals surface area contributed by atoms with Crippen molar-refractivity contribution in [3.63, 3.8) is 0 Å². The lowest BCUT2D eigenvalue weighted by molar-refractivity contribution is -0.125. The molecule has 8 heteroatoms. The van der Waals surface area contributed by atoms with Crippen LogP contribution in [0.5, 0.6) is 0 Å². The summed E-state index contributed by atoms with van der Waals surface area (Å²) in [6, 6.07) is 14.9. The van der Waals surface area contributed by atoms with E-state index in [4.69, 9.17) is 0 Å². The molecule has 1 heterocycles. The maximum absolute atomic E-state index is 13.2. The van der Waals surface area contributed by atoms with Crippen LogP contribution in [0.2, 0.25) is 0 Å². The molecule has 2 aromatic carbocycles. The lowest BCUT2D eigenvalue weighted by Crippen LogP contribution is -2.41. The third-order valence-corrected chi connectivity index (χ3v) is 5.62. The van der Waals surface area contributed by atoms with E-state index < -0.39 is 0 Å². The highest BCUT2D eigenvalue weighted by Crippen LogP contribution is 2.24. The van der Waals surface area contributed by atoms with Gasteiger partial charge in [0, 0.05) is 31.3 Å². The number of nitrogens with zero attached hydrogens (tertiary/aromatic N) is 2. The molecule has 35 heavy (non-hydrogen) atoms. The van der Waals surface area contributed by atoms with E-state index in [1.807, 2.05) is 39.0 Å². The molecule has 0 aliphatic heterocycles. The molecule has 0 radical (unpaired) electrons. The summed E-state index contributed by atoms with van der Waals surface area (Å²) >= 11 is 0. The van der Waals surface area contributed by atoms with Crippen LogP contribution < -0.4 is 15.5 Å². The predicted molar refractivity (Wildman–Crippen MR) is 133 cm³/mol. The van der Waals surface area contributed by atoms with Crippen LogP contribution in [0.1, 0.15) is 35.1 Å². The van der Waals surface area contributed by atoms with Crippen molar-refractivity contribution in [3.05, 3.63) is 88.9 Å². The fourth-order valence-corrected chi connectivity index (χ4v) is 3.50. The molecule has 0 saturated carbocycles. The number of anilines is 2. The van der Waals surface area contributed by atoms with Crippen molar-refractivity contribution >= 4 is 29.2 Å². The first-order valence-corrected chi connectivity index (χ1v) is 11.3. The van der Waals surface area contributed by atoms with Crippen molar-refractivity contribution < 1.29 is 18.8 Å². The molecule has 0 bridgehead atoms. The van der Waals surface area contributed by atoms with Crippen molar-refractivity contribution in [2.45, 2.75) is 40.2 Å². The highest BCUT2D eigenvalue weighted by atomic mass is 19.1. The second kappa shape index (κ2) is 11.9. The van der Waals surface area contributed by atoms with Gasteiger partial charge in [0.1, 0.15) is 18.2 Å². The number of aryl methyl sites for hydroxylation is 2. The number of halogens is 1. The molecule has 3 rings (SSSR count). The topological polar surface area (TPSA) is 91.4 Å². The molecule has 0 fully saturated rings. The molecular weight excluding hydrogens is 447 g/mol. The van der Waals surface area contributed by atoms with Crippen molar-refractivity contribution in [1.82, 2.24) is 10.3 Å². The van der Waals surface area contributed by atoms with Gasteiger partial charge in [0.15, 0.2) is 0 Å². The van der Waals surface area contributed by atoms with Gasteiger partial charge in [-0.3, -0.25) is 14.4 Å². The van der Waals surface area contributed by atoms with Gasteiger partial charge in [-0.15, -0.1) is 0 Å². The number of benzene rings is 2. The smallest absolute Gasteiger partial charge is 0.240 e. The van der Waals surface area contributed by atoms with Crippen LogP contribution in [-0.2, 0) is 20.9 Å². The lowest BCUT2D eigenvalue weighted by Gasteiger charge is -2.25. The number of hydrogen-bond acceptors (Lipinski definition) is 4. The summed E-state index contributed by atoms with van der Waals surface area (Å²) < 4.78 is 13.1. The van der Waals surface area contributed by atoms with Crippen molar-refractivity contribution in [2.24, 2.45) is 0 Å². The number of carbonyl (C=O) groups excluding carboxylic acids is 3. The first kappa shape index (κ1) is 25.6. The van der Waals surface area contributed by atoms with Crippen molar-refractivity contribution in [2.75, 3.05) is 16.8 Å². The molecule has 182 valence electrons. The zero-order valence-electron chi connectivity index (χ0n) is 20.1. The maximum atomic E-state index is 13.2. The highest BCUT2D eigenvalue weighted by molar-refractivity contribution is 6.01. The van der Waals surface area contributed by atoms with Crippen LogP contribution in [0.25, 0.3) is 0 Å². The molecule has 3 aromatic rings. The normalized spacial score (nSPS) is 10.5. The largest absolute Gasteiger partial charge is 0.350 e. The van der Waals surface area contributed by atoms with Gasteiger partial charge in [0.25, 0.3) is 0 Å². The minimum Gasteiger partial charge on any atom is -0.350 e. The second-order valence-electron chi connectivity index (χ2n) is 8.37. The van der Waals surface area contributed by atoms with Crippen LogP contribution in [0.3, 0.4) is 0 Å². The molecule has 0 saturated heterocycles. The molecule has 7 nitrogen and oxygen atoms in total. The Balaban J connectivity index is 1.67. The average molecular weight is 477 g/mol. The maximum Gasteiger partial charge on any atom is 0.240 e. The number of rotatable bonds is 9. The number of hydrogen-bond donors (Lipinski definition) is 2. The van der Waals surface area contributed by atoms with E-state index in [1.165, 1.54) is 17.0 Å². The van der Waals surface area contributed by atoms with Crippen molar-refractivity contribution in [3.8, 4) is 0 Å². The Hall–Kier alpha value is -4.07. The quantitative estimate of drug-likeness (QED) is 0.484. The van der Waals surface area contributed by atoms with Gasteiger partial charge in [0.2, 0.25) is 17.7 Å². The Morgan fingerprint density at radius 1 is 0.943 bits per heavy atom. The van der Waals surface area contributed by atoms with E-state index in [-0.39, 0.29) is 49.5 Å². The van der Waals surface area contributed by atoms with Crippen LogP contribution >= 0.6 is 0 Å². The standard InChI is InChI=1S/C27H29FN4O3/c1-18-13-14-29-24(15-18)31-25(33)11-12-27(35)32(23-6-4-5-19(2)20(23)3)17-26(34)30-16-21-7-9-22(28)10-8-21/h4-10,13-15H,11-12,16-17H2,1-3H3,(H,30,34)(H,29,31,33). The monoisotopic (exact) mass is 476 g/mol. The average Bonchev–Trinajstić information content (AvgIpc) is 2.82. The van der Waals surface area contributed by atoms with Gasteiger partial charge in [-0.25, -0.2) is 9.37 Å². The minimum absolute atomic E-state index is 0.0486. The Morgan fingerprint density at radius 3 is 2.40 bits per heavy atom. The Labute approximate surface area is 204 Å². The number of amides is 3. The molecule has 0 atom stereocenters. The van der Waals surface area contributed by atoms with Gasteiger partial charge in [-0.05, 0) is 73.4 Å². The fourth-order valence-electron chi connectivity index (χ4n) is 3.50. The Kier molecular flexibility index (Phi) is 8.67. The van der Waals surface area contributed by atoms with E-state index in [9.17, 15) is 18.8 Å². The minimum atomic E-state index is -0.364. The van der Waals surface area contributed by atoms with E-state index in [2.05, 4.69) is 15.6 Å². The summed E-state index contributed by atoms with van der Waals surface area (Å²) in [5.74, 6) is -0.971. The van der Waals surface area contributed by atoms with Gasteiger partial charge in [-0.2, -0.15) is 0 Å². The zero-order chi connectivity index (χ0) is 25.4. The van der Waals surface area contributed by atoms with E-state index in [0.29, 0.717) is 11.5 Å². The van der Waals surface area contributed by atoms with Gasteiger partial charge in [-0.1, -0.05) is 24.3 Å². The molecule has 1 aromatic heterocycles. The first-order chi connectivity index (χ1) is 16.7. The third-order valence-electron chi connectivity index (χ3n) is 5.62. The lowest BCUT2D eigenvalue weighted by atomic mass is 10.1. The molecule has 0 aliphatic carbocycles. The number of carbonyl (C=O) groups is 3. The zero-order valence-corrected chi connectivity index (χ0v) is 20.1. The second-order valence-corrected chi connectivity index (χ2v) is 8.37. The third kappa shape index (κ3) is 7.46. The van der Waals surface area contributed by atoms with E-state index in [1.54, 1.807) is 30.5 Å². The van der Waals surface area contributed by atoms with Crippen LogP contribution in [0.4, 0.5) is 15.9 Å². The summed E-state index contributed by atoms with van der Waals surface area (Å²) in [4.78, 5) is 43.8. The SMILES string of the molecule is Cc1ccnc(NC(=O)CCC(=O)N(CC(=O)NCc2ccc(F)cc2)c2cccc(C)c2C)c1. The first-order valence-electron chi connectivity index (χ1n) is 11.3. The van der Waals surface area contributed by atoms with E-state index in [0.717, 1.165) is 22.3 Å². The summed E-state index contributed by atoms with van der Waals surface area (Å²) in [5, 5.41) is 5.46. The molecule has 2 N–H and O–H groups in total. The van der Waals surface area contributed by atoms with Crippen LogP contribution in [0.15, 0.2) is 60.8 Å². The molecule has 0 unspecified atom stereocenters. The van der Waals surface area contributed by atoms with Crippen LogP contribution in [-0.4, -0.2) is 29.3 Å². The summed E-state index contributed by atoms with van der Waals surface area (Å²) in [5.41, 5.74) is 4.17. The van der Waals surface area contributed by atoms with Crippen LogP contribution in [0, 0.1) is 26.6 Å². The summed E-state index contributed by atoms with van der Waals surface area (Å²) in [6.45, 7) is 5.71. The Morgan fingerprint density at radius 2 is 1.69 bits per heavy atom. The molecule has 0 spiro atoms. The molecular formula is C27H29FN4O3. The summed E-state index contributed by atoms with van der Waals surface area (Å²) in [6.07, 6.45) is 1.48. The van der Waals surface area contributed by atoms with Gasteiger partial charge >= 0.3 is 0 Å². The number of nitrogens with one attached hydrogen (secondary N) is 2. The highest BCUT2D eigenvalue weighted by Gasteiger charge is 2.22. The van der Waals surface area contributed by atoms with E-state index >= 15 is 0 Å².